The number of nitrogens with one attached hydrogen (secondary N) is 2. The van der Waals surface area contributed by atoms with Crippen molar-refractivity contribution in [2.45, 2.75) is 6.54 Å². The van der Waals surface area contributed by atoms with Crippen LogP contribution in [0.15, 0.2) is 58.1 Å². The largest absolute Gasteiger partial charge is 0.459 e. The molecule has 0 fully saturated rings. The van der Waals surface area contributed by atoms with Gasteiger partial charge in [-0.05, 0) is 24.3 Å². The van der Waals surface area contributed by atoms with E-state index in [4.69, 9.17) is 4.42 Å². The molecule has 3 aromatic rings. The minimum Gasteiger partial charge on any atom is -0.459 e. The van der Waals surface area contributed by atoms with Gasteiger partial charge >= 0.3 is 0 Å². The van der Waals surface area contributed by atoms with Crippen LogP contribution in [0.5, 0.6) is 0 Å². The first-order chi connectivity index (χ1) is 12.1. The van der Waals surface area contributed by atoms with Gasteiger partial charge < -0.3 is 15.1 Å². The third kappa shape index (κ3) is 3.92. The van der Waals surface area contributed by atoms with Gasteiger partial charge in [0.25, 0.3) is 11.5 Å². The molecular formula is C17H16N4O4. The maximum Gasteiger partial charge on any atom is 0.287 e. The van der Waals surface area contributed by atoms with Crippen molar-refractivity contribution < 1.29 is 14.0 Å². The maximum atomic E-state index is 12.1. The summed E-state index contributed by atoms with van der Waals surface area (Å²) in [7, 11) is 0. The fourth-order valence-electron chi connectivity index (χ4n) is 2.35. The third-order valence-electron chi connectivity index (χ3n) is 3.53. The molecule has 0 unspecified atom stereocenters. The number of furan rings is 1. The molecule has 0 aliphatic heterocycles. The van der Waals surface area contributed by atoms with Crippen LogP contribution in [0.1, 0.15) is 10.6 Å². The number of amides is 2. The van der Waals surface area contributed by atoms with Crippen molar-refractivity contribution >= 4 is 22.8 Å². The van der Waals surface area contributed by atoms with E-state index >= 15 is 0 Å². The van der Waals surface area contributed by atoms with E-state index in [1.54, 1.807) is 30.3 Å². The van der Waals surface area contributed by atoms with Crippen molar-refractivity contribution in [1.82, 2.24) is 20.2 Å². The molecule has 2 amide bonds. The predicted octanol–water partition coefficient (Wildman–Crippen LogP) is 0.536. The zero-order valence-corrected chi connectivity index (χ0v) is 13.3. The average Bonchev–Trinajstić information content (AvgIpc) is 3.16. The summed E-state index contributed by atoms with van der Waals surface area (Å²) in [6, 6.07) is 10.3. The minimum absolute atomic E-state index is 0.117. The molecule has 0 aliphatic rings. The number of hydrogen-bond acceptors (Lipinski definition) is 5. The number of para-hydroxylation sites is 2. The molecule has 3 rings (SSSR count). The van der Waals surface area contributed by atoms with Gasteiger partial charge in [-0.25, -0.2) is 4.98 Å². The maximum absolute atomic E-state index is 12.1. The van der Waals surface area contributed by atoms with E-state index in [1.165, 1.54) is 17.0 Å². The van der Waals surface area contributed by atoms with Gasteiger partial charge in [-0.1, -0.05) is 12.1 Å². The van der Waals surface area contributed by atoms with E-state index in [0.29, 0.717) is 11.0 Å². The first-order valence-electron chi connectivity index (χ1n) is 7.68. The Morgan fingerprint density at radius 3 is 2.68 bits per heavy atom. The number of carbonyl (C=O) groups is 2. The van der Waals surface area contributed by atoms with Gasteiger partial charge in [-0.2, -0.15) is 0 Å². The quantitative estimate of drug-likeness (QED) is 0.637. The Balaban J connectivity index is 1.54. The molecule has 0 atom stereocenters. The highest BCUT2D eigenvalue weighted by Crippen LogP contribution is 2.07. The van der Waals surface area contributed by atoms with Gasteiger partial charge in [0.2, 0.25) is 5.91 Å². The molecule has 0 aliphatic carbocycles. The number of hydrogen-bond donors (Lipinski definition) is 2. The van der Waals surface area contributed by atoms with E-state index in [9.17, 15) is 14.4 Å². The van der Waals surface area contributed by atoms with E-state index in [1.807, 2.05) is 6.07 Å². The number of nitrogens with zero attached hydrogens (tertiary/aromatic N) is 2. The van der Waals surface area contributed by atoms with E-state index in [0.717, 1.165) is 0 Å². The van der Waals surface area contributed by atoms with Crippen LogP contribution in [0.4, 0.5) is 0 Å². The number of benzene rings is 1. The first kappa shape index (κ1) is 16.4. The summed E-state index contributed by atoms with van der Waals surface area (Å²) >= 11 is 0. The second-order valence-corrected chi connectivity index (χ2v) is 5.25. The first-order valence-corrected chi connectivity index (χ1v) is 7.68. The lowest BCUT2D eigenvalue weighted by Crippen LogP contribution is -2.37. The normalized spacial score (nSPS) is 10.6. The third-order valence-corrected chi connectivity index (χ3v) is 3.53. The Morgan fingerprint density at radius 2 is 1.88 bits per heavy atom. The van der Waals surface area contributed by atoms with Crippen molar-refractivity contribution in [3.63, 3.8) is 0 Å². The Bertz CT molecular complexity index is 947. The number of fused-ring (bicyclic) bond motifs is 1. The Hall–Kier alpha value is -3.42. The van der Waals surface area contributed by atoms with Crippen LogP contribution in [0.25, 0.3) is 11.0 Å². The highest BCUT2D eigenvalue weighted by molar-refractivity contribution is 5.91. The molecule has 0 radical (unpaired) electrons. The van der Waals surface area contributed by atoms with Crippen LogP contribution in [-0.4, -0.2) is 34.5 Å². The molecule has 0 spiro atoms. The van der Waals surface area contributed by atoms with Gasteiger partial charge in [-0.3, -0.25) is 19.0 Å². The van der Waals surface area contributed by atoms with Crippen molar-refractivity contribution in [3.8, 4) is 0 Å². The summed E-state index contributed by atoms with van der Waals surface area (Å²) in [6.45, 7) is 0.369. The molecule has 128 valence electrons. The molecular weight excluding hydrogens is 324 g/mol. The second-order valence-electron chi connectivity index (χ2n) is 5.25. The highest BCUT2D eigenvalue weighted by Gasteiger charge is 2.10. The molecule has 0 saturated carbocycles. The summed E-state index contributed by atoms with van der Waals surface area (Å²) in [5.74, 6) is -0.470. The fraction of sp³-hybridized carbons (Fsp3) is 0.176. The van der Waals surface area contributed by atoms with Gasteiger partial charge in [0.15, 0.2) is 5.76 Å². The monoisotopic (exact) mass is 340 g/mol. The van der Waals surface area contributed by atoms with Crippen molar-refractivity contribution in [2.24, 2.45) is 0 Å². The molecule has 2 N–H and O–H groups in total. The molecule has 8 nitrogen and oxygen atoms in total. The summed E-state index contributed by atoms with van der Waals surface area (Å²) in [5, 5.41) is 5.28. The second kappa shape index (κ2) is 7.43. The van der Waals surface area contributed by atoms with E-state index in [-0.39, 0.29) is 42.8 Å². The molecule has 0 saturated heterocycles. The molecule has 2 aromatic heterocycles. The van der Waals surface area contributed by atoms with Crippen LogP contribution < -0.4 is 16.2 Å². The average molecular weight is 340 g/mol. The van der Waals surface area contributed by atoms with Gasteiger partial charge in [0.05, 0.1) is 23.5 Å². The zero-order valence-electron chi connectivity index (χ0n) is 13.3. The lowest BCUT2D eigenvalue weighted by molar-refractivity contribution is -0.121. The highest BCUT2D eigenvalue weighted by atomic mass is 16.3. The predicted molar refractivity (Wildman–Crippen MR) is 90.1 cm³/mol. The molecule has 8 heteroatoms. The van der Waals surface area contributed by atoms with Crippen LogP contribution in [0.3, 0.4) is 0 Å². The molecule has 2 heterocycles. The number of aromatic nitrogens is 2. The topological polar surface area (TPSA) is 106 Å². The number of rotatable bonds is 6. The fourth-order valence-corrected chi connectivity index (χ4v) is 2.35. The Labute approximate surface area is 142 Å². The van der Waals surface area contributed by atoms with Crippen LogP contribution >= 0.6 is 0 Å². The smallest absolute Gasteiger partial charge is 0.287 e. The summed E-state index contributed by atoms with van der Waals surface area (Å²) in [5.41, 5.74) is 0.886. The van der Waals surface area contributed by atoms with Crippen molar-refractivity contribution in [3.05, 3.63) is 65.0 Å². The number of carbonyl (C=O) groups excluding carboxylic acids is 2. The van der Waals surface area contributed by atoms with Gasteiger partial charge in [0, 0.05) is 13.1 Å². The Kier molecular flexibility index (Phi) is 4.89. The standard InChI is InChI=1S/C17H16N4O4/c22-15(18-7-8-19-17(24)14-6-3-9-25-14)11-21-13-5-2-1-4-12(13)20-10-16(21)23/h1-6,9-10H,7-8,11H2,(H,18,22)(H,19,24). The lowest BCUT2D eigenvalue weighted by atomic mass is 10.3. The minimum atomic E-state index is -0.351. The van der Waals surface area contributed by atoms with Crippen molar-refractivity contribution in [1.29, 1.82) is 0 Å². The zero-order chi connectivity index (χ0) is 17.6. The van der Waals surface area contributed by atoms with Crippen LogP contribution in [0, 0.1) is 0 Å². The Morgan fingerprint density at radius 1 is 1.08 bits per heavy atom. The van der Waals surface area contributed by atoms with Gasteiger partial charge in [-0.15, -0.1) is 0 Å². The molecule has 25 heavy (non-hydrogen) atoms. The SMILES string of the molecule is O=C(Cn1c(=O)cnc2ccccc21)NCCNC(=O)c1ccco1. The summed E-state index contributed by atoms with van der Waals surface area (Å²) in [6.07, 6.45) is 2.60. The lowest BCUT2D eigenvalue weighted by Gasteiger charge is -2.10. The van der Waals surface area contributed by atoms with Crippen LogP contribution in [0.2, 0.25) is 0 Å². The van der Waals surface area contributed by atoms with Crippen LogP contribution in [-0.2, 0) is 11.3 Å². The molecule has 1 aromatic carbocycles. The van der Waals surface area contributed by atoms with E-state index in [2.05, 4.69) is 15.6 Å². The van der Waals surface area contributed by atoms with Crippen molar-refractivity contribution in [2.75, 3.05) is 13.1 Å². The summed E-state index contributed by atoms with van der Waals surface area (Å²) < 4.78 is 6.32. The summed E-state index contributed by atoms with van der Waals surface area (Å²) in [4.78, 5) is 39.7. The van der Waals surface area contributed by atoms with E-state index < -0.39 is 0 Å². The van der Waals surface area contributed by atoms with Gasteiger partial charge in [0.1, 0.15) is 6.54 Å². The molecule has 0 bridgehead atoms.